The molecule has 0 radical (unpaired) electrons. The third kappa shape index (κ3) is 2.36. The number of nitrogens with zero attached hydrogens (tertiary/aromatic N) is 2. The maximum Gasteiger partial charge on any atom is 0.214 e. The minimum absolute atomic E-state index is 0.0546. The second-order valence-corrected chi connectivity index (χ2v) is 4.86. The molecule has 0 atom stereocenters. The van der Waals surface area contributed by atoms with Gasteiger partial charge in [0.15, 0.2) is 0 Å². The normalized spacial score (nSPS) is 10.7. The Hall–Kier alpha value is -1.49. The van der Waals surface area contributed by atoms with E-state index >= 15 is 0 Å². The maximum atomic E-state index is 13.7. The van der Waals surface area contributed by atoms with Crippen LogP contribution in [0.5, 0.6) is 0 Å². The second kappa shape index (κ2) is 5.02. The van der Waals surface area contributed by atoms with Crippen molar-refractivity contribution >= 4 is 21.7 Å². The van der Waals surface area contributed by atoms with Gasteiger partial charge in [-0.25, -0.2) is 4.39 Å². The molecule has 0 aliphatic heterocycles. The molecule has 2 rings (SSSR count). The van der Waals surface area contributed by atoms with Gasteiger partial charge in [-0.15, -0.1) is 0 Å². The molecule has 5 heteroatoms. The van der Waals surface area contributed by atoms with E-state index in [0.717, 1.165) is 5.69 Å². The van der Waals surface area contributed by atoms with Crippen molar-refractivity contribution in [2.45, 2.75) is 20.4 Å². The molecule has 94 valence electrons. The van der Waals surface area contributed by atoms with Crippen molar-refractivity contribution in [3.05, 3.63) is 51.5 Å². The fourth-order valence-corrected chi connectivity index (χ4v) is 2.14. The van der Waals surface area contributed by atoms with Gasteiger partial charge in [-0.3, -0.25) is 9.48 Å². The zero-order valence-electron chi connectivity index (χ0n) is 10.1. The molecule has 0 amide bonds. The summed E-state index contributed by atoms with van der Waals surface area (Å²) in [6, 6.07) is 6.00. The minimum Gasteiger partial charge on any atom is -0.287 e. The zero-order valence-corrected chi connectivity index (χ0v) is 11.7. The smallest absolute Gasteiger partial charge is 0.214 e. The number of hydrogen-bond acceptors (Lipinski definition) is 2. The van der Waals surface area contributed by atoms with E-state index in [1.165, 1.54) is 12.1 Å². The topological polar surface area (TPSA) is 34.9 Å². The Morgan fingerprint density at radius 1 is 1.44 bits per heavy atom. The summed E-state index contributed by atoms with van der Waals surface area (Å²) in [6.45, 7) is 4.27. The van der Waals surface area contributed by atoms with Gasteiger partial charge < -0.3 is 0 Å². The van der Waals surface area contributed by atoms with Gasteiger partial charge in [0.25, 0.3) is 0 Å². The Morgan fingerprint density at radius 2 is 2.17 bits per heavy atom. The molecule has 0 spiro atoms. The number of ketones is 1. The van der Waals surface area contributed by atoms with Crippen LogP contribution in [0.15, 0.2) is 28.7 Å². The molecule has 0 saturated carbocycles. The van der Waals surface area contributed by atoms with Crippen LogP contribution in [-0.4, -0.2) is 15.6 Å². The lowest BCUT2D eigenvalue weighted by Gasteiger charge is -2.05. The average Bonchev–Trinajstić information content (AvgIpc) is 2.72. The first-order valence-electron chi connectivity index (χ1n) is 5.57. The van der Waals surface area contributed by atoms with E-state index in [-0.39, 0.29) is 11.3 Å². The molecule has 0 bridgehead atoms. The molecule has 0 saturated heterocycles. The largest absolute Gasteiger partial charge is 0.287 e. The summed E-state index contributed by atoms with van der Waals surface area (Å²) in [5.74, 6) is -0.874. The van der Waals surface area contributed by atoms with Gasteiger partial charge in [-0.1, -0.05) is 15.9 Å². The lowest BCUT2D eigenvalue weighted by atomic mass is 10.1. The van der Waals surface area contributed by atoms with Gasteiger partial charge in [-0.2, -0.15) is 5.10 Å². The highest BCUT2D eigenvalue weighted by atomic mass is 79.9. The first-order valence-corrected chi connectivity index (χ1v) is 6.36. The molecular weight excluding hydrogens is 299 g/mol. The molecule has 3 nitrogen and oxygen atoms in total. The Morgan fingerprint density at radius 3 is 2.83 bits per heavy atom. The van der Waals surface area contributed by atoms with Gasteiger partial charge in [-0.05, 0) is 38.1 Å². The summed E-state index contributed by atoms with van der Waals surface area (Å²) in [7, 11) is 0. The number of hydrogen-bond donors (Lipinski definition) is 0. The second-order valence-electron chi connectivity index (χ2n) is 3.94. The lowest BCUT2D eigenvalue weighted by Crippen LogP contribution is -2.12. The lowest BCUT2D eigenvalue weighted by molar-refractivity contribution is 0.102. The van der Waals surface area contributed by atoms with Gasteiger partial charge in [0.2, 0.25) is 5.78 Å². The molecule has 0 aliphatic carbocycles. The van der Waals surface area contributed by atoms with E-state index in [0.29, 0.717) is 16.7 Å². The third-order valence-electron chi connectivity index (χ3n) is 2.61. The Kier molecular flexibility index (Phi) is 3.61. The summed E-state index contributed by atoms with van der Waals surface area (Å²) in [5, 5.41) is 4.19. The summed E-state index contributed by atoms with van der Waals surface area (Å²) >= 11 is 3.24. The van der Waals surface area contributed by atoms with Crippen LogP contribution < -0.4 is 0 Å². The van der Waals surface area contributed by atoms with E-state index in [2.05, 4.69) is 21.0 Å². The van der Waals surface area contributed by atoms with Gasteiger partial charge in [0.05, 0.1) is 11.3 Å². The number of rotatable bonds is 3. The molecule has 1 aromatic heterocycles. The number of aromatic nitrogens is 2. The van der Waals surface area contributed by atoms with Gasteiger partial charge >= 0.3 is 0 Å². The number of halogens is 2. The number of benzene rings is 1. The van der Waals surface area contributed by atoms with Crippen molar-refractivity contribution in [2.75, 3.05) is 0 Å². The zero-order chi connectivity index (χ0) is 13.3. The van der Waals surface area contributed by atoms with Crippen molar-refractivity contribution in [1.29, 1.82) is 0 Å². The van der Waals surface area contributed by atoms with Crippen LogP contribution in [0.25, 0.3) is 0 Å². The van der Waals surface area contributed by atoms with E-state index in [4.69, 9.17) is 0 Å². The van der Waals surface area contributed by atoms with E-state index in [9.17, 15) is 9.18 Å². The van der Waals surface area contributed by atoms with Crippen molar-refractivity contribution in [3.63, 3.8) is 0 Å². The average molecular weight is 311 g/mol. The summed E-state index contributed by atoms with van der Waals surface area (Å²) in [5.41, 5.74) is 1.21. The fourth-order valence-electron chi connectivity index (χ4n) is 1.78. The Labute approximate surface area is 113 Å². The number of carbonyl (C=O) groups is 1. The summed E-state index contributed by atoms with van der Waals surface area (Å²) in [6.07, 6.45) is 0. The first-order chi connectivity index (χ1) is 8.52. The van der Waals surface area contributed by atoms with Crippen LogP contribution in [0.1, 0.15) is 28.7 Å². The molecule has 2 aromatic rings. The number of carbonyl (C=O) groups excluding carboxylic acids is 1. The molecule has 0 fully saturated rings. The van der Waals surface area contributed by atoms with Crippen LogP contribution in [-0.2, 0) is 6.54 Å². The quantitative estimate of drug-likeness (QED) is 0.815. The minimum atomic E-state index is -0.523. The Bertz CT molecular complexity index is 607. The van der Waals surface area contributed by atoms with E-state index in [1.54, 1.807) is 23.7 Å². The van der Waals surface area contributed by atoms with Crippen LogP contribution >= 0.6 is 15.9 Å². The van der Waals surface area contributed by atoms with Crippen LogP contribution in [0.3, 0.4) is 0 Å². The highest BCUT2D eigenvalue weighted by molar-refractivity contribution is 9.10. The van der Waals surface area contributed by atoms with Crippen LogP contribution in [0.2, 0.25) is 0 Å². The van der Waals surface area contributed by atoms with Crippen molar-refractivity contribution in [1.82, 2.24) is 9.78 Å². The predicted octanol–water partition coefficient (Wildman–Crippen LogP) is 3.34. The van der Waals surface area contributed by atoms with Crippen molar-refractivity contribution < 1.29 is 9.18 Å². The molecule has 1 aromatic carbocycles. The molecule has 0 aliphatic rings. The molecule has 18 heavy (non-hydrogen) atoms. The van der Waals surface area contributed by atoms with E-state index in [1.807, 2.05) is 6.92 Å². The van der Waals surface area contributed by atoms with Gasteiger partial charge in [0.1, 0.15) is 11.5 Å². The Balaban J connectivity index is 2.50. The third-order valence-corrected chi connectivity index (χ3v) is 3.10. The summed E-state index contributed by atoms with van der Waals surface area (Å²) in [4.78, 5) is 12.3. The van der Waals surface area contributed by atoms with Crippen molar-refractivity contribution in [3.8, 4) is 0 Å². The highest BCUT2D eigenvalue weighted by Gasteiger charge is 2.18. The molecular formula is C13H12BrFN2O. The van der Waals surface area contributed by atoms with E-state index < -0.39 is 5.82 Å². The molecule has 0 unspecified atom stereocenters. The summed E-state index contributed by atoms with van der Waals surface area (Å²) < 4.78 is 15.9. The molecule has 1 heterocycles. The SMILES string of the molecule is CCn1nc(C)cc1C(=O)c1cc(Br)ccc1F. The van der Waals surface area contributed by atoms with Gasteiger partial charge in [0, 0.05) is 11.0 Å². The number of aryl methyl sites for hydroxylation is 2. The monoisotopic (exact) mass is 310 g/mol. The fraction of sp³-hybridized carbons (Fsp3) is 0.231. The maximum absolute atomic E-state index is 13.7. The standard InChI is InChI=1S/C13H12BrFN2O/c1-3-17-12(6-8(2)16-17)13(18)10-7-9(14)4-5-11(10)15/h4-7H,3H2,1-2H3. The molecule has 0 N–H and O–H groups in total. The highest BCUT2D eigenvalue weighted by Crippen LogP contribution is 2.19. The predicted molar refractivity (Wildman–Crippen MR) is 70.2 cm³/mol. The first kappa shape index (κ1) is 13.0. The van der Waals surface area contributed by atoms with Crippen LogP contribution in [0.4, 0.5) is 4.39 Å². The van der Waals surface area contributed by atoms with Crippen molar-refractivity contribution in [2.24, 2.45) is 0 Å². The van der Waals surface area contributed by atoms with Crippen LogP contribution in [0, 0.1) is 12.7 Å².